The van der Waals surface area contributed by atoms with Gasteiger partial charge in [-0.2, -0.15) is 0 Å². The molecule has 0 unspecified atom stereocenters. The molecule has 32 heavy (non-hydrogen) atoms. The number of nitrogens with one attached hydrogen (secondary N) is 1. The molecule has 1 aromatic carbocycles. The van der Waals surface area contributed by atoms with Gasteiger partial charge in [-0.1, -0.05) is 0 Å². The van der Waals surface area contributed by atoms with E-state index >= 15 is 0 Å². The number of aromatic nitrogens is 1. The summed E-state index contributed by atoms with van der Waals surface area (Å²) < 4.78 is 27.6. The molecule has 4 rings (SSSR count). The van der Waals surface area contributed by atoms with Crippen molar-refractivity contribution in [3.05, 3.63) is 40.9 Å². The third-order valence-electron chi connectivity index (χ3n) is 5.71. The number of rotatable bonds is 6. The second-order valence-corrected chi connectivity index (χ2v) is 8.71. The van der Waals surface area contributed by atoms with Crippen molar-refractivity contribution < 1.29 is 8.78 Å². The third-order valence-corrected chi connectivity index (χ3v) is 6.66. The molecule has 10 heteroatoms. The SMILES string of the molecule is CCNC(=NCCc1csc(N2CCCC2)n1)N1CCN(c2cc(F)ccc2F)CC1.I. The van der Waals surface area contributed by atoms with Crippen molar-refractivity contribution in [2.75, 3.05) is 62.2 Å². The Labute approximate surface area is 209 Å². The number of anilines is 2. The van der Waals surface area contributed by atoms with Crippen LogP contribution in [-0.4, -0.2) is 68.2 Å². The van der Waals surface area contributed by atoms with Crippen LogP contribution in [0.25, 0.3) is 0 Å². The highest BCUT2D eigenvalue weighted by Crippen LogP contribution is 2.25. The fraction of sp³-hybridized carbons (Fsp3) is 0.545. The summed E-state index contributed by atoms with van der Waals surface area (Å²) in [6, 6.07) is 3.62. The molecule has 2 aliphatic rings. The van der Waals surface area contributed by atoms with E-state index in [1.165, 1.54) is 25.0 Å². The molecule has 6 nitrogen and oxygen atoms in total. The number of hydrogen-bond donors (Lipinski definition) is 1. The van der Waals surface area contributed by atoms with Crippen LogP contribution in [0.3, 0.4) is 0 Å². The van der Waals surface area contributed by atoms with Crippen molar-refractivity contribution in [2.45, 2.75) is 26.2 Å². The summed E-state index contributed by atoms with van der Waals surface area (Å²) in [7, 11) is 0. The highest BCUT2D eigenvalue weighted by Gasteiger charge is 2.22. The maximum Gasteiger partial charge on any atom is 0.194 e. The molecule has 2 aromatic rings. The van der Waals surface area contributed by atoms with E-state index in [0.717, 1.165) is 48.9 Å². The second-order valence-electron chi connectivity index (χ2n) is 7.87. The Morgan fingerprint density at radius 2 is 1.84 bits per heavy atom. The summed E-state index contributed by atoms with van der Waals surface area (Å²) in [5, 5.41) is 6.63. The van der Waals surface area contributed by atoms with Crippen LogP contribution in [0.15, 0.2) is 28.6 Å². The fourth-order valence-corrected chi connectivity index (χ4v) is 4.97. The quantitative estimate of drug-likeness (QED) is 0.321. The molecule has 0 saturated carbocycles. The largest absolute Gasteiger partial charge is 0.366 e. The molecular weight excluding hydrogens is 545 g/mol. The highest BCUT2D eigenvalue weighted by molar-refractivity contribution is 14.0. The van der Waals surface area contributed by atoms with Crippen molar-refractivity contribution in [1.29, 1.82) is 0 Å². The van der Waals surface area contributed by atoms with E-state index in [2.05, 4.69) is 27.4 Å². The highest BCUT2D eigenvalue weighted by atomic mass is 127. The molecule has 1 aromatic heterocycles. The molecular formula is C22H31F2IN6S. The number of nitrogens with zero attached hydrogens (tertiary/aromatic N) is 5. The zero-order chi connectivity index (χ0) is 21.6. The molecule has 0 amide bonds. The first-order valence-corrected chi connectivity index (χ1v) is 11.9. The van der Waals surface area contributed by atoms with Gasteiger partial charge in [0.25, 0.3) is 0 Å². The monoisotopic (exact) mass is 576 g/mol. The number of piperazine rings is 1. The van der Waals surface area contributed by atoms with E-state index in [4.69, 9.17) is 9.98 Å². The van der Waals surface area contributed by atoms with Crippen LogP contribution in [0, 0.1) is 11.6 Å². The van der Waals surface area contributed by atoms with Gasteiger partial charge < -0.3 is 20.0 Å². The van der Waals surface area contributed by atoms with Gasteiger partial charge >= 0.3 is 0 Å². The van der Waals surface area contributed by atoms with Crippen LogP contribution >= 0.6 is 35.3 Å². The van der Waals surface area contributed by atoms with Crippen LogP contribution in [-0.2, 0) is 6.42 Å². The summed E-state index contributed by atoms with van der Waals surface area (Å²) in [5.74, 6) is 0.0764. The van der Waals surface area contributed by atoms with Crippen molar-refractivity contribution in [1.82, 2.24) is 15.2 Å². The van der Waals surface area contributed by atoms with Crippen molar-refractivity contribution in [2.24, 2.45) is 4.99 Å². The van der Waals surface area contributed by atoms with Crippen molar-refractivity contribution in [3.8, 4) is 0 Å². The van der Waals surface area contributed by atoms with Gasteiger partial charge in [-0.3, -0.25) is 4.99 Å². The molecule has 0 bridgehead atoms. The zero-order valence-corrected chi connectivity index (χ0v) is 21.5. The molecule has 0 atom stereocenters. The van der Waals surface area contributed by atoms with Gasteiger partial charge in [0, 0.05) is 70.2 Å². The van der Waals surface area contributed by atoms with Gasteiger partial charge in [-0.15, -0.1) is 35.3 Å². The minimum atomic E-state index is -0.413. The first-order chi connectivity index (χ1) is 15.1. The number of aliphatic imine (C=N–C) groups is 1. The minimum Gasteiger partial charge on any atom is -0.366 e. The maximum absolute atomic E-state index is 14.1. The topological polar surface area (TPSA) is 47.0 Å². The summed E-state index contributed by atoms with van der Waals surface area (Å²) in [5.41, 5.74) is 1.43. The van der Waals surface area contributed by atoms with E-state index in [1.54, 1.807) is 11.3 Å². The second kappa shape index (κ2) is 12.0. The first kappa shape index (κ1) is 24.9. The fourth-order valence-electron chi connectivity index (χ4n) is 4.05. The van der Waals surface area contributed by atoms with Crippen LogP contribution in [0.5, 0.6) is 0 Å². The van der Waals surface area contributed by atoms with E-state index in [1.807, 2.05) is 4.90 Å². The van der Waals surface area contributed by atoms with Crippen molar-refractivity contribution >= 4 is 52.1 Å². The van der Waals surface area contributed by atoms with Crippen molar-refractivity contribution in [3.63, 3.8) is 0 Å². The average molecular weight is 576 g/mol. The van der Waals surface area contributed by atoms with E-state index < -0.39 is 5.82 Å². The lowest BCUT2D eigenvalue weighted by Crippen LogP contribution is -2.52. The van der Waals surface area contributed by atoms with Gasteiger partial charge in [-0.25, -0.2) is 13.8 Å². The third kappa shape index (κ3) is 6.21. The first-order valence-electron chi connectivity index (χ1n) is 11.1. The normalized spacial score (nSPS) is 17.0. The number of guanidine groups is 1. The van der Waals surface area contributed by atoms with Gasteiger partial charge in [0.1, 0.15) is 11.6 Å². The summed E-state index contributed by atoms with van der Waals surface area (Å²) in [6.45, 7) is 8.39. The Morgan fingerprint density at radius 3 is 2.56 bits per heavy atom. The van der Waals surface area contributed by atoms with Gasteiger partial charge in [-0.05, 0) is 31.9 Å². The van der Waals surface area contributed by atoms with Crippen LogP contribution in [0.2, 0.25) is 0 Å². The van der Waals surface area contributed by atoms with Gasteiger partial charge in [0.05, 0.1) is 11.4 Å². The molecule has 1 N–H and O–H groups in total. The minimum absolute atomic E-state index is 0. The van der Waals surface area contributed by atoms with Gasteiger partial charge in [0.15, 0.2) is 11.1 Å². The predicted molar refractivity (Wildman–Crippen MR) is 139 cm³/mol. The molecule has 0 spiro atoms. The lowest BCUT2D eigenvalue weighted by Gasteiger charge is -2.37. The number of hydrogen-bond acceptors (Lipinski definition) is 5. The molecule has 2 aliphatic heterocycles. The summed E-state index contributed by atoms with van der Waals surface area (Å²) in [6.07, 6.45) is 3.32. The van der Waals surface area contributed by atoms with E-state index in [-0.39, 0.29) is 29.8 Å². The Morgan fingerprint density at radius 1 is 1.09 bits per heavy atom. The zero-order valence-electron chi connectivity index (χ0n) is 18.4. The Balaban J connectivity index is 0.00000289. The summed E-state index contributed by atoms with van der Waals surface area (Å²) in [4.78, 5) is 16.0. The molecule has 0 aliphatic carbocycles. The Bertz CT molecular complexity index is 894. The average Bonchev–Trinajstić information content (AvgIpc) is 3.47. The molecule has 3 heterocycles. The molecule has 176 valence electrons. The van der Waals surface area contributed by atoms with E-state index in [0.29, 0.717) is 38.4 Å². The van der Waals surface area contributed by atoms with Gasteiger partial charge in [0.2, 0.25) is 0 Å². The smallest absolute Gasteiger partial charge is 0.194 e. The number of halogens is 3. The predicted octanol–water partition coefficient (Wildman–Crippen LogP) is 3.97. The number of benzene rings is 1. The van der Waals surface area contributed by atoms with Crippen LogP contribution in [0.1, 0.15) is 25.5 Å². The lowest BCUT2D eigenvalue weighted by atomic mass is 10.2. The van der Waals surface area contributed by atoms with Crippen LogP contribution < -0.4 is 15.1 Å². The number of thiazole rings is 1. The molecule has 2 saturated heterocycles. The lowest BCUT2D eigenvalue weighted by molar-refractivity contribution is 0.370. The van der Waals surface area contributed by atoms with E-state index in [9.17, 15) is 8.78 Å². The molecule has 2 fully saturated rings. The standard InChI is InChI=1S/C22H30F2N6S.HI/c1-2-25-21(26-8-7-18-16-31-22(27-18)30-9-3-4-10-30)29-13-11-28(12-14-29)20-15-17(23)5-6-19(20)24;/h5-6,15-16H,2-4,7-14H2,1H3,(H,25,26);1H. The Kier molecular flexibility index (Phi) is 9.33. The summed E-state index contributed by atoms with van der Waals surface area (Å²) >= 11 is 1.72. The Hall–Kier alpha value is -1.69. The van der Waals surface area contributed by atoms with Crippen LogP contribution in [0.4, 0.5) is 19.6 Å². The molecule has 0 radical (unpaired) electrons. The maximum atomic E-state index is 14.1.